The zero-order valence-corrected chi connectivity index (χ0v) is 26.2. The van der Waals surface area contributed by atoms with Crippen LogP contribution in [-0.2, 0) is 26.2 Å². The van der Waals surface area contributed by atoms with E-state index in [1.165, 1.54) is 17.0 Å². The van der Waals surface area contributed by atoms with Gasteiger partial charge in [0.15, 0.2) is 0 Å². The Morgan fingerprint density at radius 3 is 2.29 bits per heavy atom. The monoisotopic (exact) mass is 617 g/mol. The second kappa shape index (κ2) is 14.7. The Bertz CT molecular complexity index is 1470. The van der Waals surface area contributed by atoms with E-state index in [9.17, 15) is 18.0 Å². The zero-order valence-electron chi connectivity index (χ0n) is 23.9. The van der Waals surface area contributed by atoms with Crippen molar-refractivity contribution in [2.75, 3.05) is 17.4 Å². The summed E-state index contributed by atoms with van der Waals surface area (Å²) < 4.78 is 29.1. The van der Waals surface area contributed by atoms with Gasteiger partial charge in [0.2, 0.25) is 11.8 Å². The number of nitrogens with zero attached hydrogens (tertiary/aromatic N) is 2. The summed E-state index contributed by atoms with van der Waals surface area (Å²) in [4.78, 5) is 29.0. The van der Waals surface area contributed by atoms with Gasteiger partial charge in [-0.25, -0.2) is 8.42 Å². The van der Waals surface area contributed by atoms with Crippen molar-refractivity contribution in [3.63, 3.8) is 0 Å². The number of nitrogens with one attached hydrogen (secondary N) is 1. The first kappa shape index (κ1) is 32.4. The molecule has 2 amide bonds. The maximum atomic E-state index is 14.2. The molecule has 3 aromatic carbocycles. The minimum absolute atomic E-state index is 0.000560. The molecule has 0 saturated heterocycles. The zero-order chi connectivity index (χ0) is 30.2. The lowest BCUT2D eigenvalue weighted by Crippen LogP contribution is -2.52. The molecule has 1 N–H and O–H groups in total. The van der Waals surface area contributed by atoms with Crippen molar-refractivity contribution < 1.29 is 18.0 Å². The van der Waals surface area contributed by atoms with Gasteiger partial charge in [-0.15, -0.1) is 0 Å². The molecule has 0 fully saturated rings. The number of amides is 2. The number of hydrogen-bond acceptors (Lipinski definition) is 4. The topological polar surface area (TPSA) is 86.8 Å². The Hall–Kier alpha value is -3.07. The summed E-state index contributed by atoms with van der Waals surface area (Å²) in [5, 5.41) is 3.71. The van der Waals surface area contributed by atoms with Crippen LogP contribution in [0.4, 0.5) is 5.69 Å². The van der Waals surface area contributed by atoms with Crippen LogP contribution < -0.4 is 9.62 Å². The minimum atomic E-state index is -4.14. The largest absolute Gasteiger partial charge is 0.354 e. The first-order chi connectivity index (χ1) is 19.5. The van der Waals surface area contributed by atoms with Crippen LogP contribution in [0.5, 0.6) is 0 Å². The second-order valence-corrected chi connectivity index (χ2v) is 12.6. The molecule has 0 heterocycles. The van der Waals surface area contributed by atoms with Gasteiger partial charge >= 0.3 is 0 Å². The number of unbranched alkanes of at least 4 members (excludes halogenated alkanes) is 1. The molecule has 220 valence electrons. The molecule has 3 rings (SSSR count). The molecule has 41 heavy (non-hydrogen) atoms. The van der Waals surface area contributed by atoms with Crippen LogP contribution in [0.25, 0.3) is 0 Å². The lowest BCUT2D eigenvalue weighted by atomic mass is 10.1. The maximum absolute atomic E-state index is 14.2. The highest BCUT2D eigenvalue weighted by atomic mass is 35.5. The number of rotatable bonds is 13. The van der Waals surface area contributed by atoms with Crippen molar-refractivity contribution in [3.05, 3.63) is 93.5 Å². The van der Waals surface area contributed by atoms with E-state index in [0.717, 1.165) is 28.3 Å². The van der Waals surface area contributed by atoms with Crippen molar-refractivity contribution in [2.24, 2.45) is 0 Å². The molecular formula is C31H37Cl2N3O4S. The summed E-state index contributed by atoms with van der Waals surface area (Å²) in [7, 11) is -4.14. The first-order valence-electron chi connectivity index (χ1n) is 13.7. The van der Waals surface area contributed by atoms with Crippen molar-refractivity contribution in [1.82, 2.24) is 10.2 Å². The highest BCUT2D eigenvalue weighted by molar-refractivity contribution is 7.92. The molecule has 10 heteroatoms. The SMILES string of the molecule is CCCCNC(=O)[C@H](CC)N(Cc1ccc(Cl)cc1Cl)C(=O)CN(c1cccc(C)c1C)S(=O)(=O)c1ccccc1. The molecule has 3 aromatic rings. The molecule has 0 aromatic heterocycles. The smallest absolute Gasteiger partial charge is 0.264 e. The highest BCUT2D eigenvalue weighted by Crippen LogP contribution is 2.30. The van der Waals surface area contributed by atoms with Gasteiger partial charge in [0.25, 0.3) is 10.0 Å². The molecule has 0 spiro atoms. The Morgan fingerprint density at radius 1 is 0.951 bits per heavy atom. The number of hydrogen-bond donors (Lipinski definition) is 1. The third-order valence-electron chi connectivity index (χ3n) is 7.03. The molecule has 0 unspecified atom stereocenters. The lowest BCUT2D eigenvalue weighted by molar-refractivity contribution is -0.140. The van der Waals surface area contributed by atoms with Gasteiger partial charge in [-0.05, 0) is 73.7 Å². The Labute approximate surface area is 253 Å². The summed E-state index contributed by atoms with van der Waals surface area (Å²) in [6.07, 6.45) is 2.03. The maximum Gasteiger partial charge on any atom is 0.264 e. The van der Waals surface area contributed by atoms with Crippen LogP contribution in [-0.4, -0.2) is 44.3 Å². The van der Waals surface area contributed by atoms with Gasteiger partial charge in [-0.1, -0.05) is 79.9 Å². The summed E-state index contributed by atoms with van der Waals surface area (Å²) in [6.45, 7) is 7.52. The van der Waals surface area contributed by atoms with Gasteiger partial charge in [0, 0.05) is 23.1 Å². The molecule has 0 aliphatic rings. The Balaban J connectivity index is 2.09. The fourth-order valence-electron chi connectivity index (χ4n) is 4.50. The van der Waals surface area contributed by atoms with Crippen molar-refractivity contribution in [1.29, 1.82) is 0 Å². The molecule has 0 bridgehead atoms. The van der Waals surface area contributed by atoms with E-state index in [0.29, 0.717) is 34.3 Å². The summed E-state index contributed by atoms with van der Waals surface area (Å²) >= 11 is 12.6. The molecule has 0 radical (unpaired) electrons. The standard InChI is InChI=1S/C31H37Cl2N3O4S/c1-5-7-18-34-31(38)28(6-2)35(20-24-16-17-25(32)19-27(24)33)30(37)21-36(29-15-11-12-22(3)23(29)4)41(39,40)26-13-9-8-10-14-26/h8-17,19,28H,5-7,18,20-21H2,1-4H3,(H,34,38)/t28-/m0/s1. The molecule has 0 aliphatic heterocycles. The average molecular weight is 619 g/mol. The number of carbonyl (C=O) groups excluding carboxylic acids is 2. The fraction of sp³-hybridized carbons (Fsp3) is 0.355. The minimum Gasteiger partial charge on any atom is -0.354 e. The third-order valence-corrected chi connectivity index (χ3v) is 9.39. The van der Waals surface area contributed by atoms with E-state index in [4.69, 9.17) is 23.2 Å². The summed E-state index contributed by atoms with van der Waals surface area (Å²) in [5.74, 6) is -0.836. The molecule has 0 saturated carbocycles. The molecule has 7 nitrogen and oxygen atoms in total. The van der Waals surface area contributed by atoms with Crippen molar-refractivity contribution in [2.45, 2.75) is 64.4 Å². The van der Waals surface area contributed by atoms with Crippen LogP contribution in [0, 0.1) is 13.8 Å². The molecule has 0 aliphatic carbocycles. The molecular weight excluding hydrogens is 581 g/mol. The first-order valence-corrected chi connectivity index (χ1v) is 15.9. The third kappa shape index (κ3) is 8.03. The fourth-order valence-corrected chi connectivity index (χ4v) is 6.46. The predicted molar refractivity (Wildman–Crippen MR) is 166 cm³/mol. The number of anilines is 1. The van der Waals surface area contributed by atoms with Gasteiger partial charge in [-0.3, -0.25) is 13.9 Å². The van der Waals surface area contributed by atoms with E-state index >= 15 is 0 Å². The van der Waals surface area contributed by atoms with Crippen LogP contribution in [0.2, 0.25) is 10.0 Å². The number of aryl methyl sites for hydroxylation is 1. The van der Waals surface area contributed by atoms with E-state index in [1.807, 2.05) is 33.8 Å². The Morgan fingerprint density at radius 2 is 1.66 bits per heavy atom. The number of sulfonamides is 1. The van der Waals surface area contributed by atoms with E-state index < -0.39 is 28.5 Å². The summed E-state index contributed by atoms with van der Waals surface area (Å²) in [6, 6.07) is 17.4. The normalized spacial score (nSPS) is 12.0. The lowest BCUT2D eigenvalue weighted by Gasteiger charge is -2.34. The van der Waals surface area contributed by atoms with Crippen LogP contribution >= 0.6 is 23.2 Å². The Kier molecular flexibility index (Phi) is 11.6. The van der Waals surface area contributed by atoms with Crippen molar-refractivity contribution in [3.8, 4) is 0 Å². The van der Waals surface area contributed by atoms with Crippen molar-refractivity contribution >= 4 is 50.7 Å². The van der Waals surface area contributed by atoms with Gasteiger partial charge in [0.05, 0.1) is 10.6 Å². The van der Waals surface area contributed by atoms with Crippen LogP contribution in [0.1, 0.15) is 49.8 Å². The summed E-state index contributed by atoms with van der Waals surface area (Å²) in [5.41, 5.74) is 2.60. The average Bonchev–Trinajstić information content (AvgIpc) is 2.95. The van der Waals surface area contributed by atoms with Crippen LogP contribution in [0.15, 0.2) is 71.6 Å². The van der Waals surface area contributed by atoms with Gasteiger partial charge in [0.1, 0.15) is 12.6 Å². The van der Waals surface area contributed by atoms with Crippen LogP contribution in [0.3, 0.4) is 0 Å². The van der Waals surface area contributed by atoms with Gasteiger partial charge in [-0.2, -0.15) is 0 Å². The van der Waals surface area contributed by atoms with E-state index in [1.54, 1.807) is 48.5 Å². The predicted octanol–water partition coefficient (Wildman–Crippen LogP) is 6.53. The van der Waals surface area contributed by atoms with E-state index in [-0.39, 0.29) is 17.3 Å². The second-order valence-electron chi connectivity index (χ2n) is 9.87. The number of benzene rings is 3. The number of halogens is 2. The highest BCUT2D eigenvalue weighted by Gasteiger charge is 2.34. The molecule has 1 atom stereocenters. The quantitative estimate of drug-likeness (QED) is 0.221. The van der Waals surface area contributed by atoms with Gasteiger partial charge < -0.3 is 10.2 Å². The number of carbonyl (C=O) groups is 2. The van der Waals surface area contributed by atoms with E-state index in [2.05, 4.69) is 5.32 Å².